The van der Waals surface area contributed by atoms with Crippen molar-refractivity contribution >= 4 is 16.7 Å². The molecule has 0 spiro atoms. The van der Waals surface area contributed by atoms with Crippen LogP contribution in [0.5, 0.6) is 5.75 Å². The Bertz CT molecular complexity index is 923. The average Bonchev–Trinajstić information content (AvgIpc) is 2.65. The molecule has 3 aromatic carbocycles. The van der Waals surface area contributed by atoms with Crippen LogP contribution in [-0.4, -0.2) is 12.0 Å². The topological polar surface area (TPSA) is 38.3 Å². The summed E-state index contributed by atoms with van der Waals surface area (Å²) < 4.78 is 5.79. The smallest absolute Gasteiger partial charge is 0.261 e. The first kappa shape index (κ1) is 19.0. The van der Waals surface area contributed by atoms with Gasteiger partial charge in [0.25, 0.3) is 5.91 Å². The number of carbonyl (C=O) groups is 1. The van der Waals surface area contributed by atoms with Crippen LogP contribution < -0.4 is 10.1 Å². The van der Waals surface area contributed by atoms with Gasteiger partial charge in [-0.3, -0.25) is 4.79 Å². The summed E-state index contributed by atoms with van der Waals surface area (Å²) >= 11 is 0. The number of nitrogens with one attached hydrogen (secondary N) is 1. The first-order chi connectivity index (χ1) is 12.8. The molecule has 3 nitrogen and oxygen atoms in total. The number of amides is 1. The van der Waals surface area contributed by atoms with Crippen LogP contribution >= 0.6 is 0 Å². The second kappa shape index (κ2) is 7.83. The van der Waals surface area contributed by atoms with E-state index in [0.717, 1.165) is 5.56 Å². The Morgan fingerprint density at radius 1 is 0.963 bits per heavy atom. The zero-order valence-corrected chi connectivity index (χ0v) is 16.5. The van der Waals surface area contributed by atoms with Crippen molar-refractivity contribution in [2.24, 2.45) is 0 Å². The van der Waals surface area contributed by atoms with Gasteiger partial charge in [-0.05, 0) is 52.4 Å². The Morgan fingerprint density at radius 3 is 2.30 bits per heavy atom. The van der Waals surface area contributed by atoms with Crippen molar-refractivity contribution in [2.45, 2.75) is 45.8 Å². The molecule has 3 heteroatoms. The average molecular weight is 361 g/mol. The Morgan fingerprint density at radius 2 is 1.63 bits per heavy atom. The van der Waals surface area contributed by atoms with E-state index in [0.29, 0.717) is 12.3 Å². The lowest BCUT2D eigenvalue weighted by atomic mass is 9.87. The Labute approximate surface area is 161 Å². The molecular formula is C24H27NO2. The fraction of sp³-hybridized carbons (Fsp3) is 0.292. The second-order valence-electron chi connectivity index (χ2n) is 7.93. The molecule has 1 N–H and O–H groups in total. The van der Waals surface area contributed by atoms with Crippen LogP contribution in [-0.2, 0) is 16.8 Å². The van der Waals surface area contributed by atoms with Crippen LogP contribution in [0.2, 0.25) is 0 Å². The molecule has 0 aliphatic rings. The molecule has 1 atom stereocenters. The van der Waals surface area contributed by atoms with E-state index < -0.39 is 6.10 Å². The molecule has 0 bridgehead atoms. The van der Waals surface area contributed by atoms with E-state index in [1.165, 1.54) is 16.3 Å². The van der Waals surface area contributed by atoms with Crippen molar-refractivity contribution in [3.8, 4) is 5.75 Å². The van der Waals surface area contributed by atoms with Gasteiger partial charge in [0, 0.05) is 6.54 Å². The Balaban J connectivity index is 1.57. The molecule has 0 aromatic heterocycles. The molecule has 0 fully saturated rings. The van der Waals surface area contributed by atoms with Gasteiger partial charge in [-0.25, -0.2) is 0 Å². The summed E-state index contributed by atoms with van der Waals surface area (Å²) in [6.45, 7) is 8.77. The quantitative estimate of drug-likeness (QED) is 0.676. The minimum Gasteiger partial charge on any atom is -0.481 e. The number of hydrogen-bond donors (Lipinski definition) is 1. The van der Waals surface area contributed by atoms with Crippen molar-refractivity contribution in [3.63, 3.8) is 0 Å². The molecule has 1 amide bonds. The molecule has 140 valence electrons. The van der Waals surface area contributed by atoms with Crippen molar-refractivity contribution in [2.75, 3.05) is 0 Å². The SMILES string of the molecule is C[C@H](Oc1ccc(C(C)(C)C)cc1)C(=O)NCc1ccc2ccccc2c1. The highest BCUT2D eigenvalue weighted by molar-refractivity contribution is 5.83. The fourth-order valence-electron chi connectivity index (χ4n) is 2.97. The molecule has 0 radical (unpaired) electrons. The van der Waals surface area contributed by atoms with Gasteiger partial charge >= 0.3 is 0 Å². The van der Waals surface area contributed by atoms with Crippen LogP contribution in [0.3, 0.4) is 0 Å². The van der Waals surface area contributed by atoms with E-state index in [1.54, 1.807) is 6.92 Å². The minimum absolute atomic E-state index is 0.0986. The zero-order chi connectivity index (χ0) is 19.4. The van der Waals surface area contributed by atoms with Gasteiger partial charge in [0.05, 0.1) is 0 Å². The van der Waals surface area contributed by atoms with Gasteiger partial charge in [0.2, 0.25) is 0 Å². The molecule has 0 aliphatic carbocycles. The monoisotopic (exact) mass is 361 g/mol. The number of hydrogen-bond acceptors (Lipinski definition) is 2. The molecular weight excluding hydrogens is 334 g/mol. The van der Waals surface area contributed by atoms with E-state index in [9.17, 15) is 4.79 Å². The maximum absolute atomic E-state index is 12.4. The lowest BCUT2D eigenvalue weighted by Crippen LogP contribution is -2.35. The third kappa shape index (κ3) is 4.88. The minimum atomic E-state index is -0.550. The molecule has 0 aliphatic heterocycles. The third-order valence-electron chi connectivity index (χ3n) is 4.68. The molecule has 0 saturated carbocycles. The fourth-order valence-corrected chi connectivity index (χ4v) is 2.97. The van der Waals surface area contributed by atoms with Gasteiger partial charge in [0.1, 0.15) is 5.75 Å². The van der Waals surface area contributed by atoms with Crippen LogP contribution in [0, 0.1) is 0 Å². The number of benzene rings is 3. The molecule has 3 rings (SSSR count). The van der Waals surface area contributed by atoms with Gasteiger partial charge < -0.3 is 10.1 Å². The summed E-state index contributed by atoms with van der Waals surface area (Å²) in [6.07, 6.45) is -0.550. The van der Waals surface area contributed by atoms with E-state index in [1.807, 2.05) is 30.3 Å². The van der Waals surface area contributed by atoms with Crippen molar-refractivity contribution < 1.29 is 9.53 Å². The van der Waals surface area contributed by atoms with Gasteiger partial charge in [0.15, 0.2) is 6.10 Å². The summed E-state index contributed by atoms with van der Waals surface area (Å²) in [5.74, 6) is 0.583. The molecule has 27 heavy (non-hydrogen) atoms. The van der Waals surface area contributed by atoms with Gasteiger partial charge in [-0.1, -0.05) is 69.3 Å². The molecule has 0 saturated heterocycles. The first-order valence-electron chi connectivity index (χ1n) is 9.35. The van der Waals surface area contributed by atoms with Crippen LogP contribution in [0.1, 0.15) is 38.8 Å². The normalized spacial score (nSPS) is 12.6. The largest absolute Gasteiger partial charge is 0.481 e. The highest BCUT2D eigenvalue weighted by atomic mass is 16.5. The van der Waals surface area contributed by atoms with Crippen LogP contribution in [0.4, 0.5) is 0 Å². The Kier molecular flexibility index (Phi) is 5.50. The maximum atomic E-state index is 12.4. The highest BCUT2D eigenvalue weighted by Gasteiger charge is 2.16. The standard InChI is InChI=1S/C24H27NO2/c1-17(27-22-13-11-21(12-14-22)24(2,3)4)23(26)25-16-18-9-10-19-7-5-6-8-20(19)15-18/h5-15,17H,16H2,1-4H3,(H,25,26)/t17-/m0/s1. The van der Waals surface area contributed by atoms with Gasteiger partial charge in [-0.15, -0.1) is 0 Å². The highest BCUT2D eigenvalue weighted by Crippen LogP contribution is 2.24. The Hall–Kier alpha value is -2.81. The van der Waals surface area contributed by atoms with Crippen LogP contribution in [0.15, 0.2) is 66.7 Å². The van der Waals surface area contributed by atoms with Crippen molar-refractivity contribution in [3.05, 3.63) is 77.9 Å². The number of rotatable bonds is 5. The summed E-state index contributed by atoms with van der Waals surface area (Å²) in [5, 5.41) is 5.33. The molecule has 0 unspecified atom stereocenters. The number of fused-ring (bicyclic) bond motifs is 1. The lowest BCUT2D eigenvalue weighted by molar-refractivity contribution is -0.127. The van der Waals surface area contributed by atoms with Crippen LogP contribution in [0.25, 0.3) is 10.8 Å². The summed E-state index contributed by atoms with van der Waals surface area (Å²) in [4.78, 5) is 12.4. The van der Waals surface area contributed by atoms with E-state index >= 15 is 0 Å². The zero-order valence-electron chi connectivity index (χ0n) is 16.5. The maximum Gasteiger partial charge on any atom is 0.261 e. The summed E-state index contributed by atoms with van der Waals surface area (Å²) in [5.41, 5.74) is 2.41. The molecule has 0 heterocycles. The number of carbonyl (C=O) groups excluding carboxylic acids is 1. The summed E-state index contributed by atoms with van der Waals surface area (Å²) in [7, 11) is 0. The predicted octanol–water partition coefficient (Wildman–Crippen LogP) is 5.22. The number of ether oxygens (including phenoxy) is 1. The second-order valence-corrected chi connectivity index (χ2v) is 7.93. The van der Waals surface area contributed by atoms with Crippen molar-refractivity contribution in [1.29, 1.82) is 0 Å². The van der Waals surface area contributed by atoms with E-state index in [4.69, 9.17) is 4.74 Å². The van der Waals surface area contributed by atoms with Crippen molar-refractivity contribution in [1.82, 2.24) is 5.32 Å². The molecule has 3 aromatic rings. The van der Waals surface area contributed by atoms with E-state index in [-0.39, 0.29) is 11.3 Å². The van der Waals surface area contributed by atoms with E-state index in [2.05, 4.69) is 62.5 Å². The summed E-state index contributed by atoms with van der Waals surface area (Å²) in [6, 6.07) is 22.4. The first-order valence-corrected chi connectivity index (χ1v) is 9.35. The lowest BCUT2D eigenvalue weighted by Gasteiger charge is -2.20. The van der Waals surface area contributed by atoms with Gasteiger partial charge in [-0.2, -0.15) is 0 Å². The predicted molar refractivity (Wildman–Crippen MR) is 111 cm³/mol. The third-order valence-corrected chi connectivity index (χ3v) is 4.68.